The van der Waals surface area contributed by atoms with Gasteiger partial charge in [0.05, 0.1) is 24.5 Å². The van der Waals surface area contributed by atoms with E-state index in [9.17, 15) is 5.11 Å². The lowest BCUT2D eigenvalue weighted by atomic mass is 10.3. The molecule has 16 heavy (non-hydrogen) atoms. The number of ether oxygens (including phenoxy) is 1. The zero-order valence-electron chi connectivity index (χ0n) is 10.1. The van der Waals surface area contributed by atoms with E-state index < -0.39 is 6.10 Å². The maximum Gasteiger partial charge on any atom is 0.133 e. The van der Waals surface area contributed by atoms with E-state index in [-0.39, 0.29) is 6.10 Å². The molecule has 1 rings (SSSR count). The second-order valence-electron chi connectivity index (χ2n) is 4.10. The molecule has 0 saturated carbocycles. The second kappa shape index (κ2) is 6.62. The third-order valence-corrected chi connectivity index (χ3v) is 1.98. The van der Waals surface area contributed by atoms with Gasteiger partial charge in [-0.1, -0.05) is 5.16 Å². The minimum atomic E-state index is -0.490. The Bertz CT molecular complexity index is 299. The second-order valence-corrected chi connectivity index (χ2v) is 4.10. The molecule has 0 radical (unpaired) electrons. The molecule has 0 amide bonds. The number of nitrogens with zero attached hydrogens (tertiary/aromatic N) is 1. The van der Waals surface area contributed by atoms with Crippen LogP contribution < -0.4 is 5.32 Å². The number of aliphatic hydroxyl groups excluding tert-OH is 1. The smallest absolute Gasteiger partial charge is 0.133 e. The summed E-state index contributed by atoms with van der Waals surface area (Å²) in [6.45, 7) is 7.16. The van der Waals surface area contributed by atoms with Crippen molar-refractivity contribution in [2.24, 2.45) is 0 Å². The topological polar surface area (TPSA) is 67.5 Å². The van der Waals surface area contributed by atoms with Crippen LogP contribution in [0.1, 0.15) is 25.3 Å². The van der Waals surface area contributed by atoms with Gasteiger partial charge in [-0.3, -0.25) is 0 Å². The lowest BCUT2D eigenvalue weighted by Crippen LogP contribution is -2.31. The fourth-order valence-electron chi connectivity index (χ4n) is 1.23. The Morgan fingerprint density at radius 2 is 2.31 bits per heavy atom. The highest BCUT2D eigenvalue weighted by Gasteiger charge is 2.06. The van der Waals surface area contributed by atoms with Gasteiger partial charge in [0.2, 0.25) is 0 Å². The van der Waals surface area contributed by atoms with Gasteiger partial charge in [0.1, 0.15) is 5.76 Å². The van der Waals surface area contributed by atoms with E-state index >= 15 is 0 Å². The van der Waals surface area contributed by atoms with Crippen LogP contribution in [-0.2, 0) is 11.3 Å². The highest BCUT2D eigenvalue weighted by Crippen LogP contribution is 2.00. The summed E-state index contributed by atoms with van der Waals surface area (Å²) in [6.07, 6.45) is -0.344. The number of rotatable bonds is 7. The van der Waals surface area contributed by atoms with Crippen LogP contribution in [0, 0.1) is 6.92 Å². The summed E-state index contributed by atoms with van der Waals surface area (Å²) in [4.78, 5) is 0. The molecule has 1 heterocycles. The molecule has 5 nitrogen and oxygen atoms in total. The lowest BCUT2D eigenvalue weighted by Gasteiger charge is -2.13. The third-order valence-electron chi connectivity index (χ3n) is 1.98. The highest BCUT2D eigenvalue weighted by molar-refractivity contribution is 5.02. The average Bonchev–Trinajstić information content (AvgIpc) is 2.61. The van der Waals surface area contributed by atoms with Crippen molar-refractivity contribution in [1.29, 1.82) is 0 Å². The lowest BCUT2D eigenvalue weighted by molar-refractivity contribution is 0.00626. The molecule has 1 aromatic heterocycles. The molecule has 92 valence electrons. The first-order chi connectivity index (χ1) is 7.58. The summed E-state index contributed by atoms with van der Waals surface area (Å²) >= 11 is 0. The molecule has 0 aliphatic heterocycles. The maximum absolute atomic E-state index is 9.55. The van der Waals surface area contributed by atoms with E-state index in [0.29, 0.717) is 19.7 Å². The Labute approximate surface area is 95.8 Å². The zero-order valence-corrected chi connectivity index (χ0v) is 10.1. The molecule has 1 unspecified atom stereocenters. The molecular weight excluding hydrogens is 208 g/mol. The third kappa shape index (κ3) is 5.25. The van der Waals surface area contributed by atoms with Crippen molar-refractivity contribution in [3.63, 3.8) is 0 Å². The molecule has 5 heteroatoms. The predicted octanol–water partition coefficient (Wildman–Crippen LogP) is 0.859. The Morgan fingerprint density at radius 3 is 2.88 bits per heavy atom. The van der Waals surface area contributed by atoms with Gasteiger partial charge in [0.15, 0.2) is 0 Å². The molecule has 1 aromatic rings. The average molecular weight is 228 g/mol. The van der Waals surface area contributed by atoms with Crippen molar-refractivity contribution in [1.82, 2.24) is 10.5 Å². The van der Waals surface area contributed by atoms with E-state index in [4.69, 9.17) is 9.26 Å². The van der Waals surface area contributed by atoms with E-state index in [1.54, 1.807) is 0 Å². The van der Waals surface area contributed by atoms with Crippen LogP contribution in [0.3, 0.4) is 0 Å². The molecular formula is C11H20N2O3. The Kier molecular flexibility index (Phi) is 5.45. The van der Waals surface area contributed by atoms with Gasteiger partial charge in [-0.15, -0.1) is 0 Å². The molecule has 1 atom stereocenters. The number of aromatic nitrogens is 1. The quantitative estimate of drug-likeness (QED) is 0.724. The van der Waals surface area contributed by atoms with Gasteiger partial charge < -0.3 is 19.7 Å². The summed E-state index contributed by atoms with van der Waals surface area (Å²) in [7, 11) is 0. The van der Waals surface area contributed by atoms with E-state index in [0.717, 1.165) is 11.5 Å². The minimum Gasteiger partial charge on any atom is -0.389 e. The van der Waals surface area contributed by atoms with Gasteiger partial charge in [0, 0.05) is 19.2 Å². The van der Waals surface area contributed by atoms with Crippen molar-refractivity contribution >= 4 is 0 Å². The summed E-state index contributed by atoms with van der Waals surface area (Å²) in [5.74, 6) is 0.792. The van der Waals surface area contributed by atoms with Crippen LogP contribution in [0.2, 0.25) is 0 Å². The first kappa shape index (κ1) is 13.2. The molecule has 0 bridgehead atoms. The van der Waals surface area contributed by atoms with Crippen LogP contribution in [0.15, 0.2) is 10.6 Å². The monoisotopic (exact) mass is 228 g/mol. The van der Waals surface area contributed by atoms with Gasteiger partial charge >= 0.3 is 0 Å². The number of hydrogen-bond acceptors (Lipinski definition) is 5. The van der Waals surface area contributed by atoms with Crippen LogP contribution in [-0.4, -0.2) is 35.6 Å². The summed E-state index contributed by atoms with van der Waals surface area (Å²) in [6, 6.07) is 1.87. The predicted molar refractivity (Wildman–Crippen MR) is 60.0 cm³/mol. The van der Waals surface area contributed by atoms with Gasteiger partial charge in [-0.05, 0) is 20.8 Å². The standard InChI is InChI=1S/C11H20N2O3/c1-8(2)15-7-11(14)6-12-5-10-4-9(3)16-13-10/h4,8,11-12,14H,5-7H2,1-3H3. The number of aryl methyl sites for hydroxylation is 1. The molecule has 0 fully saturated rings. The van der Waals surface area contributed by atoms with Crippen LogP contribution in [0.25, 0.3) is 0 Å². The fraction of sp³-hybridized carbons (Fsp3) is 0.727. The Balaban J connectivity index is 2.10. The van der Waals surface area contributed by atoms with E-state index in [1.807, 2.05) is 26.8 Å². The van der Waals surface area contributed by atoms with Crippen molar-refractivity contribution in [2.75, 3.05) is 13.2 Å². The van der Waals surface area contributed by atoms with E-state index in [1.165, 1.54) is 0 Å². The van der Waals surface area contributed by atoms with Crippen LogP contribution in [0.4, 0.5) is 0 Å². The largest absolute Gasteiger partial charge is 0.389 e. The molecule has 0 saturated heterocycles. The van der Waals surface area contributed by atoms with Crippen molar-refractivity contribution in [2.45, 2.75) is 39.5 Å². The van der Waals surface area contributed by atoms with Gasteiger partial charge in [0.25, 0.3) is 0 Å². The van der Waals surface area contributed by atoms with Crippen molar-refractivity contribution in [3.05, 3.63) is 17.5 Å². The maximum atomic E-state index is 9.55. The first-order valence-electron chi connectivity index (χ1n) is 5.50. The number of hydrogen-bond donors (Lipinski definition) is 2. The summed E-state index contributed by atoms with van der Waals surface area (Å²) < 4.78 is 10.2. The van der Waals surface area contributed by atoms with Crippen LogP contribution >= 0.6 is 0 Å². The number of nitrogens with one attached hydrogen (secondary N) is 1. The summed E-state index contributed by atoms with van der Waals surface area (Å²) in [5, 5.41) is 16.5. The normalized spacial score (nSPS) is 13.3. The van der Waals surface area contributed by atoms with Crippen molar-refractivity contribution < 1.29 is 14.4 Å². The van der Waals surface area contributed by atoms with Gasteiger partial charge in [-0.25, -0.2) is 0 Å². The molecule has 0 aliphatic carbocycles. The molecule has 0 spiro atoms. The summed E-state index contributed by atoms with van der Waals surface area (Å²) in [5.41, 5.74) is 0.842. The number of aliphatic hydroxyl groups is 1. The Morgan fingerprint density at radius 1 is 1.56 bits per heavy atom. The highest BCUT2D eigenvalue weighted by atomic mass is 16.5. The van der Waals surface area contributed by atoms with E-state index in [2.05, 4.69) is 10.5 Å². The van der Waals surface area contributed by atoms with Gasteiger partial charge in [-0.2, -0.15) is 0 Å². The Hall–Kier alpha value is -0.910. The SMILES string of the molecule is Cc1cc(CNCC(O)COC(C)C)no1. The van der Waals surface area contributed by atoms with Crippen LogP contribution in [0.5, 0.6) is 0 Å². The van der Waals surface area contributed by atoms with Crippen molar-refractivity contribution in [3.8, 4) is 0 Å². The minimum absolute atomic E-state index is 0.146. The molecule has 2 N–H and O–H groups in total. The zero-order chi connectivity index (χ0) is 12.0. The molecule has 0 aliphatic rings. The fourth-order valence-corrected chi connectivity index (χ4v) is 1.23. The first-order valence-corrected chi connectivity index (χ1v) is 5.50. The molecule has 0 aromatic carbocycles.